The molecule has 3 N–H and O–H groups in total. The van der Waals surface area contributed by atoms with Crippen molar-refractivity contribution in [3.05, 3.63) is 64.6 Å². The molecule has 1 unspecified atom stereocenters. The van der Waals surface area contributed by atoms with Gasteiger partial charge in [0.25, 0.3) is 0 Å². The lowest BCUT2D eigenvalue weighted by Gasteiger charge is -2.09. The summed E-state index contributed by atoms with van der Waals surface area (Å²) in [7, 11) is 0. The standard InChI is InChI=1S/C17H19N5S/c1-11-9-19-12(2)16(20-11)22-17-21-15(10-23-17)14(18)8-13-6-4-3-5-7-13/h3-7,9-10,14H,8,18H2,1-2H3,(H,20,21,22). The van der Waals surface area contributed by atoms with Gasteiger partial charge < -0.3 is 11.1 Å². The van der Waals surface area contributed by atoms with Gasteiger partial charge in [-0.1, -0.05) is 30.3 Å². The van der Waals surface area contributed by atoms with E-state index in [0.29, 0.717) is 0 Å². The molecule has 1 atom stereocenters. The minimum atomic E-state index is -0.117. The first-order valence-electron chi connectivity index (χ1n) is 7.44. The van der Waals surface area contributed by atoms with Crippen LogP contribution in [0.4, 0.5) is 10.9 Å². The summed E-state index contributed by atoms with van der Waals surface area (Å²) in [6, 6.07) is 10.1. The Balaban J connectivity index is 1.71. The number of aromatic nitrogens is 3. The number of nitrogens with one attached hydrogen (secondary N) is 1. The van der Waals surface area contributed by atoms with Gasteiger partial charge in [0.05, 0.1) is 23.1 Å². The van der Waals surface area contributed by atoms with Crippen LogP contribution in [0.25, 0.3) is 0 Å². The molecule has 6 heteroatoms. The number of anilines is 2. The molecule has 3 rings (SSSR count). The number of nitrogens with two attached hydrogens (primary N) is 1. The summed E-state index contributed by atoms with van der Waals surface area (Å²) in [4.78, 5) is 13.3. The van der Waals surface area contributed by atoms with E-state index >= 15 is 0 Å². The predicted molar refractivity (Wildman–Crippen MR) is 94.0 cm³/mol. The fourth-order valence-corrected chi connectivity index (χ4v) is 3.02. The Labute approximate surface area is 139 Å². The summed E-state index contributed by atoms with van der Waals surface area (Å²) >= 11 is 1.53. The molecule has 0 radical (unpaired) electrons. The quantitative estimate of drug-likeness (QED) is 0.750. The maximum atomic E-state index is 6.28. The van der Waals surface area contributed by atoms with Gasteiger partial charge in [-0.3, -0.25) is 4.98 Å². The molecule has 2 aromatic heterocycles. The zero-order chi connectivity index (χ0) is 16.2. The van der Waals surface area contributed by atoms with Crippen LogP contribution in [0.15, 0.2) is 41.9 Å². The monoisotopic (exact) mass is 325 g/mol. The highest BCUT2D eigenvalue weighted by Gasteiger charge is 2.12. The second kappa shape index (κ2) is 6.85. The van der Waals surface area contributed by atoms with Gasteiger partial charge in [-0.15, -0.1) is 11.3 Å². The molecule has 23 heavy (non-hydrogen) atoms. The maximum Gasteiger partial charge on any atom is 0.188 e. The number of hydrogen-bond acceptors (Lipinski definition) is 6. The molecule has 0 spiro atoms. The van der Waals surface area contributed by atoms with Gasteiger partial charge in [-0.05, 0) is 25.8 Å². The number of thiazole rings is 1. The molecule has 0 aliphatic carbocycles. The summed E-state index contributed by atoms with van der Waals surface area (Å²) in [5.74, 6) is 0.738. The van der Waals surface area contributed by atoms with Crippen LogP contribution in [-0.4, -0.2) is 15.0 Å². The first kappa shape index (κ1) is 15.6. The Bertz CT molecular complexity index is 785. The second-order valence-electron chi connectivity index (χ2n) is 5.44. The van der Waals surface area contributed by atoms with Crippen molar-refractivity contribution in [1.29, 1.82) is 0 Å². The molecule has 0 fully saturated rings. The molecular formula is C17H19N5S. The molecule has 2 heterocycles. The summed E-state index contributed by atoms with van der Waals surface area (Å²) in [5, 5.41) is 6.01. The first-order chi connectivity index (χ1) is 11.1. The van der Waals surface area contributed by atoms with Crippen molar-refractivity contribution in [1.82, 2.24) is 15.0 Å². The lowest BCUT2D eigenvalue weighted by atomic mass is 10.1. The molecule has 0 aliphatic heterocycles. The van der Waals surface area contributed by atoms with Crippen LogP contribution >= 0.6 is 11.3 Å². The lowest BCUT2D eigenvalue weighted by molar-refractivity contribution is 0.702. The molecule has 0 saturated carbocycles. The smallest absolute Gasteiger partial charge is 0.188 e. The first-order valence-corrected chi connectivity index (χ1v) is 8.32. The van der Waals surface area contributed by atoms with Crippen molar-refractivity contribution < 1.29 is 0 Å². The number of hydrogen-bond donors (Lipinski definition) is 2. The summed E-state index contributed by atoms with van der Waals surface area (Å²) in [6.07, 6.45) is 2.52. The summed E-state index contributed by atoms with van der Waals surface area (Å²) < 4.78 is 0. The van der Waals surface area contributed by atoms with Gasteiger partial charge in [0, 0.05) is 11.6 Å². The van der Waals surface area contributed by atoms with Crippen LogP contribution in [0, 0.1) is 13.8 Å². The second-order valence-corrected chi connectivity index (χ2v) is 6.30. The van der Waals surface area contributed by atoms with Crippen LogP contribution in [0.3, 0.4) is 0 Å². The lowest BCUT2D eigenvalue weighted by Crippen LogP contribution is -2.13. The van der Waals surface area contributed by atoms with Crippen LogP contribution in [-0.2, 0) is 6.42 Å². The van der Waals surface area contributed by atoms with Crippen molar-refractivity contribution >= 4 is 22.3 Å². The molecule has 0 bridgehead atoms. The van der Waals surface area contributed by atoms with Crippen LogP contribution in [0.5, 0.6) is 0 Å². The SMILES string of the molecule is Cc1cnc(C)c(Nc2nc(C(N)Cc3ccccc3)cs2)n1. The largest absolute Gasteiger partial charge is 0.322 e. The number of benzene rings is 1. The van der Waals surface area contributed by atoms with Gasteiger partial charge in [0.1, 0.15) is 0 Å². The van der Waals surface area contributed by atoms with Gasteiger partial charge in [-0.2, -0.15) is 0 Å². The minimum absolute atomic E-state index is 0.117. The summed E-state index contributed by atoms with van der Waals surface area (Å²) in [6.45, 7) is 3.84. The van der Waals surface area contributed by atoms with Crippen LogP contribution in [0.2, 0.25) is 0 Å². The average molecular weight is 325 g/mol. The van der Waals surface area contributed by atoms with E-state index in [4.69, 9.17) is 5.73 Å². The van der Waals surface area contributed by atoms with E-state index in [1.165, 1.54) is 16.9 Å². The topological polar surface area (TPSA) is 76.7 Å². The highest BCUT2D eigenvalue weighted by molar-refractivity contribution is 7.13. The maximum absolute atomic E-state index is 6.28. The third kappa shape index (κ3) is 3.91. The zero-order valence-corrected chi connectivity index (χ0v) is 14.0. The Hall–Kier alpha value is -2.31. The van der Waals surface area contributed by atoms with Crippen LogP contribution < -0.4 is 11.1 Å². The molecular weight excluding hydrogens is 306 g/mol. The number of aryl methyl sites for hydroxylation is 2. The summed E-state index contributed by atoms with van der Waals surface area (Å²) in [5.41, 5.74) is 10.1. The van der Waals surface area contributed by atoms with E-state index in [9.17, 15) is 0 Å². The van der Waals surface area contributed by atoms with E-state index in [0.717, 1.165) is 34.5 Å². The average Bonchev–Trinajstić information content (AvgIpc) is 3.01. The third-order valence-electron chi connectivity index (χ3n) is 3.50. The van der Waals surface area contributed by atoms with Crippen molar-refractivity contribution in [2.24, 2.45) is 5.73 Å². The molecule has 0 saturated heterocycles. The van der Waals surface area contributed by atoms with E-state index in [2.05, 4.69) is 32.4 Å². The van der Waals surface area contributed by atoms with Crippen molar-refractivity contribution in [2.75, 3.05) is 5.32 Å². The number of nitrogens with zero attached hydrogens (tertiary/aromatic N) is 3. The molecule has 0 amide bonds. The van der Waals surface area contributed by atoms with Gasteiger partial charge >= 0.3 is 0 Å². The van der Waals surface area contributed by atoms with Crippen molar-refractivity contribution in [2.45, 2.75) is 26.3 Å². The van der Waals surface area contributed by atoms with Crippen LogP contribution in [0.1, 0.15) is 28.7 Å². The van der Waals surface area contributed by atoms with E-state index in [1.54, 1.807) is 6.20 Å². The molecule has 3 aromatic rings. The highest BCUT2D eigenvalue weighted by atomic mass is 32.1. The van der Waals surface area contributed by atoms with E-state index in [-0.39, 0.29) is 6.04 Å². The molecule has 5 nitrogen and oxygen atoms in total. The van der Waals surface area contributed by atoms with Gasteiger partial charge in [0.15, 0.2) is 10.9 Å². The fraction of sp³-hybridized carbons (Fsp3) is 0.235. The molecule has 0 aliphatic rings. The van der Waals surface area contributed by atoms with Gasteiger partial charge in [0.2, 0.25) is 0 Å². The Kier molecular flexibility index (Phi) is 4.64. The highest BCUT2D eigenvalue weighted by Crippen LogP contribution is 2.25. The van der Waals surface area contributed by atoms with E-state index < -0.39 is 0 Å². The van der Waals surface area contributed by atoms with Gasteiger partial charge in [-0.25, -0.2) is 9.97 Å². The van der Waals surface area contributed by atoms with Crippen molar-refractivity contribution in [3.8, 4) is 0 Å². The zero-order valence-electron chi connectivity index (χ0n) is 13.2. The van der Waals surface area contributed by atoms with Crippen molar-refractivity contribution in [3.63, 3.8) is 0 Å². The van der Waals surface area contributed by atoms with E-state index in [1.807, 2.05) is 37.4 Å². The Morgan fingerprint density at radius 2 is 1.96 bits per heavy atom. The normalized spacial score (nSPS) is 12.1. The molecule has 1 aromatic carbocycles. The Morgan fingerprint density at radius 3 is 2.74 bits per heavy atom. The number of rotatable bonds is 5. The molecule has 118 valence electrons. The third-order valence-corrected chi connectivity index (χ3v) is 4.28. The predicted octanol–water partition coefficient (Wildman–Crippen LogP) is 3.54. The minimum Gasteiger partial charge on any atom is -0.322 e. The Morgan fingerprint density at radius 1 is 1.17 bits per heavy atom. The fourth-order valence-electron chi connectivity index (χ4n) is 2.24.